The summed E-state index contributed by atoms with van der Waals surface area (Å²) in [7, 11) is 0. The number of benzene rings is 4. The third kappa shape index (κ3) is 3.64. The van der Waals surface area contributed by atoms with E-state index < -0.39 is 6.23 Å². The summed E-state index contributed by atoms with van der Waals surface area (Å²) in [5.74, 6) is 0.605. The minimum absolute atomic E-state index is 0.0943. The molecule has 4 aromatic rings. The second kappa shape index (κ2) is 8.11. The van der Waals surface area contributed by atoms with Gasteiger partial charge in [-0.2, -0.15) is 5.10 Å². The van der Waals surface area contributed by atoms with Gasteiger partial charge in [-0.3, -0.25) is 0 Å². The summed E-state index contributed by atoms with van der Waals surface area (Å²) < 4.78 is 6.39. The molecule has 0 fully saturated rings. The molecule has 0 bridgehead atoms. The Morgan fingerprint density at radius 2 is 1.55 bits per heavy atom. The zero-order valence-electron chi connectivity index (χ0n) is 17.1. The second-order valence-corrected chi connectivity index (χ2v) is 9.84. The summed E-state index contributed by atoms with van der Waals surface area (Å²) in [5.41, 5.74) is 3.71. The molecule has 2 aliphatic heterocycles. The van der Waals surface area contributed by atoms with Crippen molar-refractivity contribution >= 4 is 62.9 Å². The lowest BCUT2D eigenvalue weighted by molar-refractivity contribution is -0.0188. The summed E-state index contributed by atoms with van der Waals surface area (Å²) in [4.78, 5) is 0. The van der Waals surface area contributed by atoms with Crippen LogP contribution in [0, 0.1) is 0 Å². The predicted octanol–water partition coefficient (Wildman–Crippen LogP) is 8.70. The molecule has 0 radical (unpaired) electrons. The van der Waals surface area contributed by atoms with Crippen LogP contribution in [0.25, 0.3) is 10.8 Å². The Morgan fingerprint density at radius 1 is 0.758 bits per heavy atom. The fraction of sp³-hybridized carbons (Fsp3) is 0.115. The first-order valence-corrected chi connectivity index (χ1v) is 11.9. The van der Waals surface area contributed by atoms with Crippen LogP contribution in [0.3, 0.4) is 0 Å². The number of hydrogen-bond donors (Lipinski definition) is 0. The molecule has 0 saturated carbocycles. The van der Waals surface area contributed by atoms with E-state index in [1.54, 1.807) is 18.2 Å². The lowest BCUT2D eigenvalue weighted by atomic mass is 9.95. The van der Waals surface area contributed by atoms with Crippen molar-refractivity contribution in [1.82, 2.24) is 5.01 Å². The number of hydrogen-bond acceptors (Lipinski definition) is 3. The van der Waals surface area contributed by atoms with Gasteiger partial charge in [0.15, 0.2) is 0 Å². The number of rotatable bonds is 2. The van der Waals surface area contributed by atoms with Crippen LogP contribution in [0.2, 0.25) is 20.1 Å². The average molecular weight is 514 g/mol. The molecule has 0 unspecified atom stereocenters. The van der Waals surface area contributed by atoms with Gasteiger partial charge in [0.05, 0.1) is 21.8 Å². The van der Waals surface area contributed by atoms with Gasteiger partial charge >= 0.3 is 0 Å². The maximum Gasteiger partial charge on any atom is 0.215 e. The molecule has 0 N–H and O–H groups in total. The molecule has 33 heavy (non-hydrogen) atoms. The smallest absolute Gasteiger partial charge is 0.215 e. The molecule has 164 valence electrons. The summed E-state index contributed by atoms with van der Waals surface area (Å²) in [6, 6.07) is 23.6. The van der Waals surface area contributed by atoms with Crippen LogP contribution in [-0.2, 0) is 0 Å². The Balaban J connectivity index is 1.49. The van der Waals surface area contributed by atoms with Crippen molar-refractivity contribution in [2.75, 3.05) is 0 Å². The summed E-state index contributed by atoms with van der Waals surface area (Å²) >= 11 is 25.6. The molecule has 4 aromatic carbocycles. The first-order valence-electron chi connectivity index (χ1n) is 10.4. The number of ether oxygens (including phenoxy) is 1. The van der Waals surface area contributed by atoms with Crippen LogP contribution in [0.1, 0.15) is 35.4 Å². The van der Waals surface area contributed by atoms with Gasteiger partial charge in [0.1, 0.15) is 5.75 Å². The highest BCUT2D eigenvalue weighted by atomic mass is 35.5. The molecule has 2 atom stereocenters. The number of nitrogens with zero attached hydrogens (tertiary/aromatic N) is 2. The Bertz CT molecular complexity index is 1450. The molecular formula is C26H16Cl4N2O. The van der Waals surface area contributed by atoms with Crippen molar-refractivity contribution in [3.05, 3.63) is 110 Å². The molecular weight excluding hydrogens is 498 g/mol. The van der Waals surface area contributed by atoms with Gasteiger partial charge in [-0.15, -0.1) is 0 Å². The van der Waals surface area contributed by atoms with E-state index in [2.05, 4.69) is 30.3 Å². The third-order valence-corrected chi connectivity index (χ3v) is 7.18. The van der Waals surface area contributed by atoms with Gasteiger partial charge in [0, 0.05) is 27.6 Å². The molecule has 3 nitrogen and oxygen atoms in total. The van der Waals surface area contributed by atoms with E-state index >= 15 is 0 Å². The zero-order chi connectivity index (χ0) is 22.7. The molecule has 0 spiro atoms. The Hall–Kier alpha value is -2.43. The normalized spacial score (nSPS) is 19.2. The molecule has 6 rings (SSSR count). The van der Waals surface area contributed by atoms with Gasteiger partial charge in [-0.1, -0.05) is 88.9 Å². The van der Waals surface area contributed by atoms with Crippen molar-refractivity contribution in [2.45, 2.75) is 18.7 Å². The third-order valence-electron chi connectivity index (χ3n) is 6.12. The van der Waals surface area contributed by atoms with Crippen LogP contribution >= 0.6 is 46.4 Å². The summed E-state index contributed by atoms with van der Waals surface area (Å²) in [5, 5.41) is 11.4. The minimum atomic E-state index is -0.552. The van der Waals surface area contributed by atoms with Crippen molar-refractivity contribution in [2.24, 2.45) is 5.10 Å². The summed E-state index contributed by atoms with van der Waals surface area (Å²) in [6.07, 6.45) is 0.136. The van der Waals surface area contributed by atoms with Crippen molar-refractivity contribution < 1.29 is 4.74 Å². The number of halogens is 4. The first-order chi connectivity index (χ1) is 16.0. The Morgan fingerprint density at radius 3 is 2.36 bits per heavy atom. The topological polar surface area (TPSA) is 24.8 Å². The van der Waals surface area contributed by atoms with Crippen LogP contribution in [0.5, 0.6) is 5.75 Å². The predicted molar refractivity (Wildman–Crippen MR) is 136 cm³/mol. The lowest BCUT2D eigenvalue weighted by Gasteiger charge is -2.39. The van der Waals surface area contributed by atoms with E-state index in [4.69, 9.17) is 56.2 Å². The lowest BCUT2D eigenvalue weighted by Crippen LogP contribution is -2.34. The molecule has 0 aliphatic carbocycles. The number of hydrazone groups is 1. The van der Waals surface area contributed by atoms with Crippen LogP contribution in [0.15, 0.2) is 77.9 Å². The van der Waals surface area contributed by atoms with E-state index in [1.807, 2.05) is 29.3 Å². The number of fused-ring (bicyclic) bond motifs is 4. The molecule has 2 heterocycles. The maximum atomic E-state index is 6.57. The fourth-order valence-electron chi connectivity index (χ4n) is 4.56. The molecule has 7 heteroatoms. The average Bonchev–Trinajstić information content (AvgIpc) is 3.25. The molecule has 0 amide bonds. The van der Waals surface area contributed by atoms with Gasteiger partial charge in [0.25, 0.3) is 0 Å². The van der Waals surface area contributed by atoms with Crippen molar-refractivity contribution in [3.8, 4) is 5.75 Å². The highest BCUT2D eigenvalue weighted by Crippen LogP contribution is 2.51. The van der Waals surface area contributed by atoms with E-state index in [0.717, 1.165) is 22.4 Å². The molecule has 0 aromatic heterocycles. The van der Waals surface area contributed by atoms with Gasteiger partial charge in [0.2, 0.25) is 6.23 Å². The first kappa shape index (κ1) is 21.1. The molecule has 0 saturated heterocycles. The largest absolute Gasteiger partial charge is 0.463 e. The van der Waals surface area contributed by atoms with Gasteiger partial charge in [-0.25, -0.2) is 5.01 Å². The second-order valence-electron chi connectivity index (χ2n) is 8.15. The van der Waals surface area contributed by atoms with E-state index in [1.165, 1.54) is 10.8 Å². The summed E-state index contributed by atoms with van der Waals surface area (Å²) in [6.45, 7) is 0. The van der Waals surface area contributed by atoms with E-state index in [0.29, 0.717) is 32.3 Å². The Labute approximate surface area is 211 Å². The quantitative estimate of drug-likeness (QED) is 0.267. The fourth-order valence-corrected chi connectivity index (χ4v) is 5.62. The SMILES string of the molecule is Clc1ccc([C@H]2Oc3c(Cl)cc(Cl)cc3[C@H]3CC(c4ccc5ccccc5c4)=NN32)c(Cl)c1. The van der Waals surface area contributed by atoms with Crippen LogP contribution < -0.4 is 4.74 Å². The van der Waals surface area contributed by atoms with Crippen LogP contribution in [0.4, 0.5) is 0 Å². The van der Waals surface area contributed by atoms with Gasteiger partial charge in [-0.05, 0) is 46.7 Å². The minimum Gasteiger partial charge on any atom is -0.463 e. The van der Waals surface area contributed by atoms with E-state index in [9.17, 15) is 0 Å². The monoisotopic (exact) mass is 512 g/mol. The van der Waals surface area contributed by atoms with Crippen molar-refractivity contribution in [3.63, 3.8) is 0 Å². The van der Waals surface area contributed by atoms with Crippen LogP contribution in [-0.4, -0.2) is 10.7 Å². The highest BCUT2D eigenvalue weighted by Gasteiger charge is 2.42. The standard InChI is InChI=1S/C26H16Cl4N2O/c27-17-7-8-19(21(29)11-17)26-32-24(20-10-18(28)12-22(30)25(20)33-26)13-23(31-32)16-6-5-14-3-1-2-4-15(14)9-16/h1-12,24,26H,13H2/t24-,26-/m1/s1. The van der Waals surface area contributed by atoms with Gasteiger partial charge < -0.3 is 4.74 Å². The Kier molecular flexibility index (Phi) is 5.19. The zero-order valence-corrected chi connectivity index (χ0v) is 20.1. The molecule has 2 aliphatic rings. The van der Waals surface area contributed by atoms with Crippen molar-refractivity contribution in [1.29, 1.82) is 0 Å². The van der Waals surface area contributed by atoms with E-state index in [-0.39, 0.29) is 6.04 Å². The maximum absolute atomic E-state index is 6.57. The highest BCUT2D eigenvalue weighted by molar-refractivity contribution is 6.36.